The summed E-state index contributed by atoms with van der Waals surface area (Å²) >= 11 is 6.09. The summed E-state index contributed by atoms with van der Waals surface area (Å²) in [5, 5.41) is 7.33. The number of carbonyl (C=O) groups is 1. The predicted octanol–water partition coefficient (Wildman–Crippen LogP) is 4.04. The summed E-state index contributed by atoms with van der Waals surface area (Å²) in [5.41, 5.74) is 2.15. The van der Waals surface area contributed by atoms with Gasteiger partial charge in [-0.3, -0.25) is 4.79 Å². The number of nitrogens with zero attached hydrogens (tertiary/aromatic N) is 1. The first-order valence-corrected chi connectivity index (χ1v) is 7.35. The molecule has 1 N–H and O–H groups in total. The lowest BCUT2D eigenvalue weighted by atomic mass is 9.92. The molecule has 0 radical (unpaired) electrons. The normalized spacial score (nSPS) is 20.2. The first kappa shape index (κ1) is 14.6. The molecule has 0 saturated carbocycles. The van der Waals surface area contributed by atoms with Crippen molar-refractivity contribution in [3.8, 4) is 0 Å². The van der Waals surface area contributed by atoms with Gasteiger partial charge in [-0.2, -0.15) is 0 Å². The van der Waals surface area contributed by atoms with E-state index in [-0.39, 0.29) is 5.91 Å². The fourth-order valence-electron chi connectivity index (χ4n) is 2.47. The average molecular weight is 315 g/mol. The number of nitrogens with one attached hydrogen (secondary N) is 1. The molecule has 22 heavy (non-hydrogen) atoms. The van der Waals surface area contributed by atoms with E-state index in [1.54, 1.807) is 19.1 Å². The van der Waals surface area contributed by atoms with Crippen LogP contribution >= 0.6 is 11.6 Å². The van der Waals surface area contributed by atoms with Gasteiger partial charge in [-0.15, -0.1) is 0 Å². The standard InChI is InChI=1S/C17H15ClN2O2/c1-11-15(16(22-20-11)12-7-3-2-4-8-12)17(21)19-14-10-6-5-9-13(14)18/h2-10,15-16H,1H3,(H,19,21). The Bertz CT molecular complexity index is 716. The van der Waals surface area contributed by atoms with Crippen molar-refractivity contribution >= 4 is 28.9 Å². The van der Waals surface area contributed by atoms with Crippen molar-refractivity contribution in [3.63, 3.8) is 0 Å². The van der Waals surface area contributed by atoms with E-state index in [4.69, 9.17) is 16.4 Å². The van der Waals surface area contributed by atoms with E-state index in [9.17, 15) is 4.79 Å². The van der Waals surface area contributed by atoms with E-state index in [2.05, 4.69) is 10.5 Å². The van der Waals surface area contributed by atoms with Crippen LogP contribution in [0.3, 0.4) is 0 Å². The summed E-state index contributed by atoms with van der Waals surface area (Å²) in [6, 6.07) is 16.7. The van der Waals surface area contributed by atoms with E-state index >= 15 is 0 Å². The van der Waals surface area contributed by atoms with Crippen molar-refractivity contribution in [1.82, 2.24) is 0 Å². The molecular formula is C17H15ClN2O2. The number of rotatable bonds is 3. The monoisotopic (exact) mass is 314 g/mol. The third kappa shape index (κ3) is 2.83. The second-order valence-corrected chi connectivity index (χ2v) is 5.52. The summed E-state index contributed by atoms with van der Waals surface area (Å²) in [4.78, 5) is 18.1. The third-order valence-electron chi connectivity index (χ3n) is 3.61. The molecular weight excluding hydrogens is 300 g/mol. The average Bonchev–Trinajstić information content (AvgIpc) is 2.92. The first-order valence-electron chi connectivity index (χ1n) is 6.97. The van der Waals surface area contributed by atoms with Gasteiger partial charge in [0.05, 0.1) is 16.4 Å². The summed E-state index contributed by atoms with van der Waals surface area (Å²) in [7, 11) is 0. The van der Waals surface area contributed by atoms with Crippen LogP contribution in [0.2, 0.25) is 5.02 Å². The molecule has 1 amide bonds. The van der Waals surface area contributed by atoms with Crippen LogP contribution in [0, 0.1) is 5.92 Å². The number of hydrogen-bond donors (Lipinski definition) is 1. The second-order valence-electron chi connectivity index (χ2n) is 5.12. The molecule has 0 aliphatic carbocycles. The van der Waals surface area contributed by atoms with Crippen LogP contribution in [0.4, 0.5) is 5.69 Å². The highest BCUT2D eigenvalue weighted by Crippen LogP contribution is 2.34. The molecule has 0 spiro atoms. The maximum absolute atomic E-state index is 12.6. The van der Waals surface area contributed by atoms with E-state index in [0.29, 0.717) is 16.4 Å². The van der Waals surface area contributed by atoms with E-state index in [1.165, 1.54) is 0 Å². The maximum atomic E-state index is 12.6. The van der Waals surface area contributed by atoms with Crippen molar-refractivity contribution < 1.29 is 9.63 Å². The quantitative estimate of drug-likeness (QED) is 0.929. The maximum Gasteiger partial charge on any atom is 0.237 e. The lowest BCUT2D eigenvalue weighted by Gasteiger charge is -2.18. The van der Waals surface area contributed by atoms with Gasteiger partial charge in [0.2, 0.25) is 5.91 Å². The molecule has 1 heterocycles. The molecule has 5 heteroatoms. The van der Waals surface area contributed by atoms with Crippen molar-refractivity contribution in [2.45, 2.75) is 13.0 Å². The van der Waals surface area contributed by atoms with Gasteiger partial charge in [-0.25, -0.2) is 0 Å². The molecule has 3 rings (SSSR count). The van der Waals surface area contributed by atoms with E-state index in [0.717, 1.165) is 5.56 Å². The summed E-state index contributed by atoms with van der Waals surface area (Å²) < 4.78 is 0. The first-order chi connectivity index (χ1) is 10.7. The van der Waals surface area contributed by atoms with Crippen LogP contribution < -0.4 is 5.32 Å². The Morgan fingerprint density at radius 2 is 1.82 bits per heavy atom. The lowest BCUT2D eigenvalue weighted by Crippen LogP contribution is -2.30. The van der Waals surface area contributed by atoms with Gasteiger partial charge < -0.3 is 10.2 Å². The van der Waals surface area contributed by atoms with Gasteiger partial charge in [0.1, 0.15) is 5.92 Å². The highest BCUT2D eigenvalue weighted by Gasteiger charge is 2.38. The molecule has 2 aromatic carbocycles. The van der Waals surface area contributed by atoms with Gasteiger partial charge in [0.25, 0.3) is 0 Å². The SMILES string of the molecule is CC1=NOC(c2ccccc2)C1C(=O)Nc1ccccc1Cl. The van der Waals surface area contributed by atoms with E-state index < -0.39 is 12.0 Å². The Hall–Kier alpha value is -2.33. The smallest absolute Gasteiger partial charge is 0.237 e. The molecule has 4 nitrogen and oxygen atoms in total. The van der Waals surface area contributed by atoms with Crippen LogP contribution in [-0.2, 0) is 9.63 Å². The summed E-state index contributed by atoms with van der Waals surface area (Å²) in [6.07, 6.45) is -0.413. The summed E-state index contributed by atoms with van der Waals surface area (Å²) in [5.74, 6) is -0.653. The molecule has 0 bridgehead atoms. The molecule has 2 unspecified atom stereocenters. The Balaban J connectivity index is 1.83. The number of halogens is 1. The molecule has 2 aromatic rings. The highest BCUT2D eigenvalue weighted by molar-refractivity contribution is 6.33. The predicted molar refractivity (Wildman–Crippen MR) is 86.9 cm³/mol. The van der Waals surface area contributed by atoms with Crippen molar-refractivity contribution in [2.75, 3.05) is 5.32 Å². The van der Waals surface area contributed by atoms with Crippen LogP contribution in [0.5, 0.6) is 0 Å². The zero-order valence-electron chi connectivity index (χ0n) is 12.0. The fraction of sp³-hybridized carbons (Fsp3) is 0.176. The Morgan fingerprint density at radius 1 is 1.14 bits per heavy atom. The van der Waals surface area contributed by atoms with Gasteiger partial charge in [0.15, 0.2) is 6.10 Å². The Kier molecular flexibility index (Phi) is 4.11. The van der Waals surface area contributed by atoms with Crippen molar-refractivity contribution in [2.24, 2.45) is 11.1 Å². The number of hydrogen-bond acceptors (Lipinski definition) is 3. The number of carbonyl (C=O) groups excluding carboxylic acids is 1. The molecule has 1 aliphatic rings. The number of oxime groups is 1. The minimum absolute atomic E-state index is 0.180. The van der Waals surface area contributed by atoms with Crippen LogP contribution in [0.15, 0.2) is 59.8 Å². The van der Waals surface area contributed by atoms with Crippen LogP contribution in [0.1, 0.15) is 18.6 Å². The van der Waals surface area contributed by atoms with Gasteiger partial charge in [-0.1, -0.05) is 59.2 Å². The van der Waals surface area contributed by atoms with Gasteiger partial charge in [-0.05, 0) is 24.6 Å². The van der Waals surface area contributed by atoms with Gasteiger partial charge in [0, 0.05) is 0 Å². The largest absolute Gasteiger partial charge is 0.386 e. The third-order valence-corrected chi connectivity index (χ3v) is 3.93. The molecule has 1 aliphatic heterocycles. The zero-order chi connectivity index (χ0) is 15.5. The van der Waals surface area contributed by atoms with Crippen molar-refractivity contribution in [3.05, 3.63) is 65.2 Å². The minimum atomic E-state index is -0.473. The topological polar surface area (TPSA) is 50.7 Å². The number of benzene rings is 2. The molecule has 0 fully saturated rings. The fourth-order valence-corrected chi connectivity index (χ4v) is 2.66. The second kappa shape index (κ2) is 6.20. The molecule has 112 valence electrons. The van der Waals surface area contributed by atoms with Gasteiger partial charge >= 0.3 is 0 Å². The van der Waals surface area contributed by atoms with Crippen molar-refractivity contribution in [1.29, 1.82) is 0 Å². The molecule has 0 saturated heterocycles. The van der Waals surface area contributed by atoms with E-state index in [1.807, 2.05) is 42.5 Å². The molecule has 2 atom stereocenters. The Morgan fingerprint density at radius 3 is 2.55 bits per heavy atom. The Labute approximate surface area is 133 Å². The number of amides is 1. The zero-order valence-corrected chi connectivity index (χ0v) is 12.7. The minimum Gasteiger partial charge on any atom is -0.386 e. The lowest BCUT2D eigenvalue weighted by molar-refractivity contribution is -0.120. The van der Waals surface area contributed by atoms with Crippen LogP contribution in [-0.4, -0.2) is 11.6 Å². The number of anilines is 1. The molecule has 0 aromatic heterocycles. The number of para-hydroxylation sites is 1. The highest BCUT2D eigenvalue weighted by atomic mass is 35.5. The van der Waals surface area contributed by atoms with Crippen LogP contribution in [0.25, 0.3) is 0 Å². The summed E-state index contributed by atoms with van der Waals surface area (Å²) in [6.45, 7) is 1.79.